The van der Waals surface area contributed by atoms with E-state index in [4.69, 9.17) is 11.6 Å². The van der Waals surface area contributed by atoms with E-state index in [1.165, 1.54) is 12.6 Å². The first-order valence-electron chi connectivity index (χ1n) is 7.34. The van der Waals surface area contributed by atoms with Crippen molar-refractivity contribution in [2.45, 2.75) is 46.0 Å². The molecule has 1 aromatic rings. The zero-order valence-electron chi connectivity index (χ0n) is 12.4. The standard InChI is InChI=1S/C15H22ClN3O/c1-4-11-5-7-19(8-6-11)15(20)13-12(16)9-17-14(18-13)10(2)3/h9-11H,4-8H2,1-3H3. The lowest BCUT2D eigenvalue weighted by Gasteiger charge is -2.31. The number of amides is 1. The van der Waals surface area contributed by atoms with Gasteiger partial charge in [-0.25, -0.2) is 9.97 Å². The zero-order valence-corrected chi connectivity index (χ0v) is 13.2. The molecule has 0 spiro atoms. The summed E-state index contributed by atoms with van der Waals surface area (Å²) in [4.78, 5) is 22.9. The molecule has 1 fully saturated rings. The van der Waals surface area contributed by atoms with Gasteiger partial charge in [0.15, 0.2) is 5.69 Å². The maximum absolute atomic E-state index is 12.5. The summed E-state index contributed by atoms with van der Waals surface area (Å²) >= 11 is 6.10. The van der Waals surface area contributed by atoms with Crippen molar-refractivity contribution in [3.63, 3.8) is 0 Å². The molecular weight excluding hydrogens is 274 g/mol. The third kappa shape index (κ3) is 3.29. The average molecular weight is 296 g/mol. The van der Waals surface area contributed by atoms with Crippen LogP contribution in [-0.4, -0.2) is 33.9 Å². The number of carbonyl (C=O) groups excluding carboxylic acids is 1. The third-order valence-electron chi connectivity index (χ3n) is 3.96. The van der Waals surface area contributed by atoms with Crippen LogP contribution >= 0.6 is 11.6 Å². The Hall–Kier alpha value is -1.16. The van der Waals surface area contributed by atoms with Crippen molar-refractivity contribution in [2.24, 2.45) is 5.92 Å². The molecule has 20 heavy (non-hydrogen) atoms. The van der Waals surface area contributed by atoms with Crippen LogP contribution in [0.3, 0.4) is 0 Å². The van der Waals surface area contributed by atoms with Gasteiger partial charge in [-0.05, 0) is 18.8 Å². The number of hydrogen-bond donors (Lipinski definition) is 0. The molecule has 0 aliphatic carbocycles. The third-order valence-corrected chi connectivity index (χ3v) is 4.24. The minimum Gasteiger partial charge on any atom is -0.337 e. The number of halogens is 1. The fourth-order valence-corrected chi connectivity index (χ4v) is 2.67. The highest BCUT2D eigenvalue weighted by Gasteiger charge is 2.25. The second-order valence-corrected chi connectivity index (χ2v) is 6.13. The maximum atomic E-state index is 12.5. The largest absolute Gasteiger partial charge is 0.337 e. The van der Waals surface area contributed by atoms with Crippen LogP contribution in [0.15, 0.2) is 6.20 Å². The molecule has 0 atom stereocenters. The first-order chi connectivity index (χ1) is 9.52. The molecule has 0 radical (unpaired) electrons. The summed E-state index contributed by atoms with van der Waals surface area (Å²) in [5.74, 6) is 1.53. The Balaban J connectivity index is 2.15. The van der Waals surface area contributed by atoms with Gasteiger partial charge in [0.2, 0.25) is 0 Å². The molecule has 0 bridgehead atoms. The number of carbonyl (C=O) groups is 1. The van der Waals surface area contributed by atoms with E-state index >= 15 is 0 Å². The van der Waals surface area contributed by atoms with Crippen LogP contribution in [0, 0.1) is 5.92 Å². The van der Waals surface area contributed by atoms with Crippen molar-refractivity contribution in [1.82, 2.24) is 14.9 Å². The lowest BCUT2D eigenvalue weighted by atomic mass is 9.94. The molecule has 1 saturated heterocycles. The molecule has 110 valence electrons. The molecular formula is C15H22ClN3O. The minimum absolute atomic E-state index is 0.0612. The number of piperidine rings is 1. The van der Waals surface area contributed by atoms with E-state index in [9.17, 15) is 4.79 Å². The van der Waals surface area contributed by atoms with E-state index < -0.39 is 0 Å². The molecule has 1 amide bonds. The summed E-state index contributed by atoms with van der Waals surface area (Å²) in [7, 11) is 0. The second-order valence-electron chi connectivity index (χ2n) is 5.72. The number of likely N-dealkylation sites (tertiary alicyclic amines) is 1. The van der Waals surface area contributed by atoms with Crippen LogP contribution in [0.25, 0.3) is 0 Å². The predicted octanol–water partition coefficient (Wildman–Crippen LogP) is 3.52. The van der Waals surface area contributed by atoms with Crippen LogP contribution < -0.4 is 0 Å². The molecule has 0 N–H and O–H groups in total. The van der Waals surface area contributed by atoms with Gasteiger partial charge in [-0.2, -0.15) is 0 Å². The predicted molar refractivity (Wildman–Crippen MR) is 80.0 cm³/mol. The highest BCUT2D eigenvalue weighted by atomic mass is 35.5. The quantitative estimate of drug-likeness (QED) is 0.857. The number of hydrogen-bond acceptors (Lipinski definition) is 3. The monoisotopic (exact) mass is 295 g/mol. The summed E-state index contributed by atoms with van der Waals surface area (Å²) in [5.41, 5.74) is 0.348. The molecule has 0 aromatic carbocycles. The van der Waals surface area contributed by atoms with Crippen LogP contribution in [0.4, 0.5) is 0 Å². The number of nitrogens with zero attached hydrogens (tertiary/aromatic N) is 3. The molecule has 0 unspecified atom stereocenters. The van der Waals surface area contributed by atoms with Crippen molar-refractivity contribution in [1.29, 1.82) is 0 Å². The maximum Gasteiger partial charge on any atom is 0.274 e. The summed E-state index contributed by atoms with van der Waals surface area (Å²) in [6, 6.07) is 0. The lowest BCUT2D eigenvalue weighted by molar-refractivity contribution is 0.0682. The summed E-state index contributed by atoms with van der Waals surface area (Å²) in [6.07, 6.45) is 4.87. The second kappa shape index (κ2) is 6.53. The van der Waals surface area contributed by atoms with Gasteiger partial charge in [-0.15, -0.1) is 0 Å². The Morgan fingerprint density at radius 1 is 1.45 bits per heavy atom. The average Bonchev–Trinajstić information content (AvgIpc) is 2.47. The van der Waals surface area contributed by atoms with Gasteiger partial charge in [0, 0.05) is 19.0 Å². The summed E-state index contributed by atoms with van der Waals surface area (Å²) in [6.45, 7) is 7.82. The SMILES string of the molecule is CCC1CCN(C(=O)c2nc(C(C)C)ncc2Cl)CC1. The van der Waals surface area contributed by atoms with Crippen LogP contribution in [-0.2, 0) is 0 Å². The van der Waals surface area contributed by atoms with Gasteiger partial charge < -0.3 is 4.90 Å². The van der Waals surface area contributed by atoms with Crippen LogP contribution in [0.1, 0.15) is 62.3 Å². The first-order valence-corrected chi connectivity index (χ1v) is 7.72. The molecule has 2 heterocycles. The minimum atomic E-state index is -0.0612. The molecule has 1 aromatic heterocycles. The fourth-order valence-electron chi connectivity index (χ4n) is 2.50. The van der Waals surface area contributed by atoms with E-state index in [0.717, 1.165) is 31.8 Å². The molecule has 4 nitrogen and oxygen atoms in total. The van der Waals surface area contributed by atoms with Gasteiger partial charge in [-0.3, -0.25) is 4.79 Å². The topological polar surface area (TPSA) is 46.1 Å². The lowest BCUT2D eigenvalue weighted by Crippen LogP contribution is -2.39. The summed E-state index contributed by atoms with van der Waals surface area (Å²) < 4.78 is 0. The Morgan fingerprint density at radius 2 is 2.10 bits per heavy atom. The zero-order chi connectivity index (χ0) is 14.7. The Labute approximate surface area is 125 Å². The smallest absolute Gasteiger partial charge is 0.274 e. The van der Waals surface area contributed by atoms with E-state index in [2.05, 4.69) is 16.9 Å². The van der Waals surface area contributed by atoms with Crippen molar-refractivity contribution < 1.29 is 4.79 Å². The van der Waals surface area contributed by atoms with Gasteiger partial charge in [-0.1, -0.05) is 38.8 Å². The van der Waals surface area contributed by atoms with Crippen molar-refractivity contribution in [3.05, 3.63) is 22.7 Å². The highest BCUT2D eigenvalue weighted by molar-refractivity contribution is 6.33. The van der Waals surface area contributed by atoms with Gasteiger partial charge >= 0.3 is 0 Å². The first kappa shape index (κ1) is 15.2. The molecule has 2 rings (SSSR count). The van der Waals surface area contributed by atoms with Crippen LogP contribution in [0.5, 0.6) is 0 Å². The van der Waals surface area contributed by atoms with Crippen molar-refractivity contribution in [3.8, 4) is 0 Å². The molecule has 5 heteroatoms. The molecule has 0 saturated carbocycles. The van der Waals surface area contributed by atoms with Crippen molar-refractivity contribution in [2.75, 3.05) is 13.1 Å². The van der Waals surface area contributed by atoms with E-state index in [-0.39, 0.29) is 11.8 Å². The normalized spacial score (nSPS) is 16.8. The van der Waals surface area contributed by atoms with E-state index in [0.29, 0.717) is 16.5 Å². The van der Waals surface area contributed by atoms with Crippen molar-refractivity contribution >= 4 is 17.5 Å². The number of aromatic nitrogens is 2. The Morgan fingerprint density at radius 3 is 2.65 bits per heavy atom. The van der Waals surface area contributed by atoms with E-state index in [1.54, 1.807) is 0 Å². The Bertz CT molecular complexity index is 482. The van der Waals surface area contributed by atoms with E-state index in [1.807, 2.05) is 18.7 Å². The number of rotatable bonds is 3. The van der Waals surface area contributed by atoms with Gasteiger partial charge in [0.25, 0.3) is 5.91 Å². The molecule has 1 aliphatic rings. The van der Waals surface area contributed by atoms with Gasteiger partial charge in [0.05, 0.1) is 11.2 Å². The Kier molecular flexibility index (Phi) is 4.97. The fraction of sp³-hybridized carbons (Fsp3) is 0.667. The van der Waals surface area contributed by atoms with Gasteiger partial charge in [0.1, 0.15) is 5.82 Å². The highest BCUT2D eigenvalue weighted by Crippen LogP contribution is 2.23. The molecule has 1 aliphatic heterocycles. The summed E-state index contributed by atoms with van der Waals surface area (Å²) in [5, 5.41) is 0.344. The van der Waals surface area contributed by atoms with Crippen LogP contribution in [0.2, 0.25) is 5.02 Å².